The molecule has 0 saturated carbocycles. The number of rotatable bonds is 8. The summed E-state index contributed by atoms with van der Waals surface area (Å²) in [6, 6.07) is 2.26. The SMILES string of the molecule is COCCNc1nnc(SCC(=O)Nc2sc3c(c2C#N)CCCC3)s1. The number of hydrogen-bond acceptors (Lipinski definition) is 9. The lowest BCUT2D eigenvalue weighted by molar-refractivity contribution is -0.113. The molecule has 1 amide bonds. The van der Waals surface area contributed by atoms with Crippen LogP contribution in [0.25, 0.3) is 0 Å². The first-order valence-electron chi connectivity index (χ1n) is 8.25. The van der Waals surface area contributed by atoms with E-state index in [2.05, 4.69) is 26.9 Å². The van der Waals surface area contributed by atoms with Crippen LogP contribution in [-0.2, 0) is 22.4 Å². The number of carbonyl (C=O) groups excluding carboxylic acids is 1. The van der Waals surface area contributed by atoms with E-state index in [1.165, 1.54) is 28.0 Å². The van der Waals surface area contributed by atoms with Crippen LogP contribution >= 0.6 is 34.4 Å². The van der Waals surface area contributed by atoms with Gasteiger partial charge in [0.15, 0.2) is 4.34 Å². The van der Waals surface area contributed by atoms with Crippen LogP contribution in [0.4, 0.5) is 10.1 Å². The molecule has 2 aromatic rings. The molecule has 0 aromatic carbocycles. The Morgan fingerprint density at radius 2 is 2.19 bits per heavy atom. The molecule has 3 rings (SSSR count). The summed E-state index contributed by atoms with van der Waals surface area (Å²) in [5.74, 6) is 0.106. The molecule has 0 unspecified atom stereocenters. The summed E-state index contributed by atoms with van der Waals surface area (Å²) in [4.78, 5) is 13.5. The quantitative estimate of drug-likeness (QED) is 0.510. The van der Waals surface area contributed by atoms with Crippen molar-refractivity contribution in [3.05, 3.63) is 16.0 Å². The lowest BCUT2D eigenvalue weighted by atomic mass is 9.96. The monoisotopic (exact) mass is 409 g/mol. The van der Waals surface area contributed by atoms with Crippen LogP contribution < -0.4 is 10.6 Å². The molecule has 0 radical (unpaired) electrons. The molecule has 0 aliphatic heterocycles. The van der Waals surface area contributed by atoms with E-state index in [0.717, 1.165) is 35.6 Å². The smallest absolute Gasteiger partial charge is 0.235 e. The van der Waals surface area contributed by atoms with E-state index < -0.39 is 0 Å². The molecular formula is C16H19N5O2S3. The highest BCUT2D eigenvalue weighted by atomic mass is 32.2. The molecule has 0 bridgehead atoms. The Labute approximate surface area is 164 Å². The zero-order valence-electron chi connectivity index (χ0n) is 14.3. The first-order chi connectivity index (χ1) is 12.7. The van der Waals surface area contributed by atoms with Crippen molar-refractivity contribution in [2.24, 2.45) is 0 Å². The number of aromatic nitrogens is 2. The zero-order valence-corrected chi connectivity index (χ0v) is 16.8. The molecule has 1 aliphatic rings. The maximum Gasteiger partial charge on any atom is 0.235 e. The Balaban J connectivity index is 1.53. The number of carbonyl (C=O) groups is 1. The number of nitrogens with zero attached hydrogens (tertiary/aromatic N) is 3. The van der Waals surface area contributed by atoms with Gasteiger partial charge < -0.3 is 15.4 Å². The minimum atomic E-state index is -0.130. The lowest BCUT2D eigenvalue weighted by Gasteiger charge is -2.09. The average Bonchev–Trinajstić information content (AvgIpc) is 3.24. The summed E-state index contributed by atoms with van der Waals surface area (Å²) in [6.45, 7) is 1.26. The number of thioether (sulfide) groups is 1. The predicted octanol–water partition coefficient (Wildman–Crippen LogP) is 3.14. The zero-order chi connectivity index (χ0) is 18.4. The second kappa shape index (κ2) is 9.32. The number of ether oxygens (including phenoxy) is 1. The van der Waals surface area contributed by atoms with E-state index in [4.69, 9.17) is 4.74 Å². The van der Waals surface area contributed by atoms with E-state index in [1.54, 1.807) is 18.4 Å². The maximum absolute atomic E-state index is 12.3. The number of methoxy groups -OCH3 is 1. The van der Waals surface area contributed by atoms with Crippen molar-refractivity contribution in [1.82, 2.24) is 10.2 Å². The number of anilines is 2. The van der Waals surface area contributed by atoms with Crippen molar-refractivity contribution in [3.8, 4) is 6.07 Å². The Kier molecular flexibility index (Phi) is 6.85. The Morgan fingerprint density at radius 3 is 3.00 bits per heavy atom. The van der Waals surface area contributed by atoms with Gasteiger partial charge in [-0.2, -0.15) is 5.26 Å². The van der Waals surface area contributed by atoms with Gasteiger partial charge in [-0.15, -0.1) is 21.5 Å². The molecule has 138 valence electrons. The van der Waals surface area contributed by atoms with Crippen LogP contribution in [0.5, 0.6) is 0 Å². The number of nitriles is 1. The minimum Gasteiger partial charge on any atom is -0.383 e. The maximum atomic E-state index is 12.3. The van der Waals surface area contributed by atoms with Crippen molar-refractivity contribution >= 4 is 50.5 Å². The number of aryl methyl sites for hydroxylation is 1. The Bertz CT molecular complexity index is 811. The van der Waals surface area contributed by atoms with Crippen molar-refractivity contribution in [2.75, 3.05) is 36.6 Å². The Morgan fingerprint density at radius 1 is 1.35 bits per heavy atom. The largest absolute Gasteiger partial charge is 0.383 e. The van der Waals surface area contributed by atoms with E-state index >= 15 is 0 Å². The number of thiophene rings is 1. The number of fused-ring (bicyclic) bond motifs is 1. The minimum absolute atomic E-state index is 0.130. The van der Waals surface area contributed by atoms with Gasteiger partial charge in [0.2, 0.25) is 11.0 Å². The summed E-state index contributed by atoms with van der Waals surface area (Å²) in [6.07, 6.45) is 4.20. The van der Waals surface area contributed by atoms with Crippen LogP contribution in [0, 0.1) is 11.3 Å². The molecule has 0 spiro atoms. The molecule has 1 aliphatic carbocycles. The summed E-state index contributed by atoms with van der Waals surface area (Å²) in [5, 5.41) is 24.9. The lowest BCUT2D eigenvalue weighted by Crippen LogP contribution is -2.13. The standard InChI is InChI=1S/C16H19N5O2S3/c1-23-7-6-18-15-20-21-16(26-15)24-9-13(22)19-14-11(8-17)10-4-2-3-5-12(10)25-14/h2-7,9H2,1H3,(H,18,20)(H,19,22). The van der Waals surface area contributed by atoms with Crippen LogP contribution in [-0.4, -0.2) is 42.1 Å². The summed E-state index contributed by atoms with van der Waals surface area (Å²) < 4.78 is 5.70. The second-order valence-electron chi connectivity index (χ2n) is 5.66. The molecule has 0 saturated heterocycles. The topological polar surface area (TPSA) is 99.9 Å². The molecular weight excluding hydrogens is 390 g/mol. The van der Waals surface area contributed by atoms with Crippen LogP contribution in [0.2, 0.25) is 0 Å². The predicted molar refractivity (Wildman–Crippen MR) is 105 cm³/mol. The van der Waals surface area contributed by atoms with E-state index in [-0.39, 0.29) is 11.7 Å². The van der Waals surface area contributed by atoms with Gasteiger partial charge in [0.1, 0.15) is 11.1 Å². The van der Waals surface area contributed by atoms with Gasteiger partial charge in [0.05, 0.1) is 17.9 Å². The summed E-state index contributed by atoms with van der Waals surface area (Å²) >= 11 is 4.29. The van der Waals surface area contributed by atoms with Gasteiger partial charge in [-0.1, -0.05) is 23.1 Å². The van der Waals surface area contributed by atoms with Gasteiger partial charge >= 0.3 is 0 Å². The molecule has 0 fully saturated rings. The van der Waals surface area contributed by atoms with Gasteiger partial charge in [0.25, 0.3) is 0 Å². The fourth-order valence-corrected chi connectivity index (χ4v) is 5.50. The van der Waals surface area contributed by atoms with Gasteiger partial charge in [-0.05, 0) is 31.2 Å². The second-order valence-corrected chi connectivity index (χ2v) is 8.96. The van der Waals surface area contributed by atoms with Crippen LogP contribution in [0.15, 0.2) is 4.34 Å². The van der Waals surface area contributed by atoms with Crippen LogP contribution in [0.1, 0.15) is 28.8 Å². The average molecular weight is 410 g/mol. The van der Waals surface area contributed by atoms with E-state index in [1.807, 2.05) is 0 Å². The Hall–Kier alpha value is -1.67. The van der Waals surface area contributed by atoms with Crippen molar-refractivity contribution < 1.29 is 9.53 Å². The first kappa shape index (κ1) is 19.1. The third-order valence-electron chi connectivity index (χ3n) is 3.85. The molecule has 2 N–H and O–H groups in total. The van der Waals surface area contributed by atoms with E-state index in [0.29, 0.717) is 28.8 Å². The summed E-state index contributed by atoms with van der Waals surface area (Å²) in [7, 11) is 1.64. The van der Waals surface area contributed by atoms with Gasteiger partial charge in [-0.3, -0.25) is 4.79 Å². The van der Waals surface area contributed by atoms with Gasteiger partial charge in [0, 0.05) is 18.5 Å². The van der Waals surface area contributed by atoms with Crippen LogP contribution in [0.3, 0.4) is 0 Å². The van der Waals surface area contributed by atoms with Gasteiger partial charge in [-0.25, -0.2) is 0 Å². The molecule has 2 heterocycles. The van der Waals surface area contributed by atoms with E-state index in [9.17, 15) is 10.1 Å². The molecule has 0 atom stereocenters. The van der Waals surface area contributed by atoms with Crippen molar-refractivity contribution in [2.45, 2.75) is 30.0 Å². The molecule has 10 heteroatoms. The third-order valence-corrected chi connectivity index (χ3v) is 7.07. The molecule has 7 nitrogen and oxygen atoms in total. The fourth-order valence-electron chi connectivity index (χ4n) is 2.66. The molecule has 2 aromatic heterocycles. The number of hydrogen-bond donors (Lipinski definition) is 2. The number of nitrogens with one attached hydrogen (secondary N) is 2. The van der Waals surface area contributed by atoms with Crippen molar-refractivity contribution in [1.29, 1.82) is 5.26 Å². The number of amides is 1. The summed E-state index contributed by atoms with van der Waals surface area (Å²) in [5.41, 5.74) is 1.77. The highest BCUT2D eigenvalue weighted by Crippen LogP contribution is 2.37. The normalized spacial score (nSPS) is 13.1. The van der Waals surface area contributed by atoms with Crippen molar-refractivity contribution in [3.63, 3.8) is 0 Å². The highest BCUT2D eigenvalue weighted by molar-refractivity contribution is 8.01. The third kappa shape index (κ3) is 4.73. The fraction of sp³-hybridized carbons (Fsp3) is 0.500. The first-order valence-corrected chi connectivity index (χ1v) is 10.9. The highest BCUT2D eigenvalue weighted by Gasteiger charge is 2.21. The molecule has 26 heavy (non-hydrogen) atoms.